The highest BCUT2D eigenvalue weighted by atomic mass is 127. The van der Waals surface area contributed by atoms with E-state index in [-0.39, 0.29) is 47.5 Å². The molecule has 166 valence electrons. The van der Waals surface area contributed by atoms with Crippen LogP contribution < -0.4 is 10.6 Å². The third kappa shape index (κ3) is 7.82. The monoisotopic (exact) mass is 562 g/mol. The van der Waals surface area contributed by atoms with E-state index in [2.05, 4.69) is 15.6 Å². The lowest BCUT2D eigenvalue weighted by Gasteiger charge is -2.28. The molecular weight excluding hydrogens is 534 g/mol. The van der Waals surface area contributed by atoms with Crippen molar-refractivity contribution in [3.63, 3.8) is 0 Å². The highest BCUT2D eigenvalue weighted by Gasteiger charge is 2.25. The summed E-state index contributed by atoms with van der Waals surface area (Å²) in [4.78, 5) is 4.13. The maximum absolute atomic E-state index is 13.3. The highest BCUT2D eigenvalue weighted by molar-refractivity contribution is 14.0. The number of sulfonamides is 1. The Kier molecular flexibility index (Phi) is 10.6. The quantitative estimate of drug-likeness (QED) is 0.303. The zero-order valence-electron chi connectivity index (χ0n) is 16.9. The molecule has 0 aromatic heterocycles. The first-order valence-corrected chi connectivity index (χ1v) is 11.1. The summed E-state index contributed by atoms with van der Waals surface area (Å²) in [5.74, 6) is 0.0842. The van der Waals surface area contributed by atoms with Crippen molar-refractivity contribution >= 4 is 51.6 Å². The Hall–Kier alpha value is -0.690. The minimum atomic E-state index is -3.33. The molecule has 1 aromatic rings. The van der Waals surface area contributed by atoms with E-state index in [4.69, 9.17) is 16.3 Å². The minimum Gasteiger partial charge on any atom is -0.379 e. The number of aliphatic imine (C=N–C) groups is 1. The van der Waals surface area contributed by atoms with Crippen molar-refractivity contribution in [1.29, 1.82) is 0 Å². The maximum atomic E-state index is 13.3. The number of halogens is 3. The molecule has 1 heterocycles. The van der Waals surface area contributed by atoms with Gasteiger partial charge in [-0.25, -0.2) is 12.8 Å². The average molecular weight is 563 g/mol. The molecule has 1 aliphatic heterocycles. The summed E-state index contributed by atoms with van der Waals surface area (Å²) < 4.78 is 44.6. The zero-order chi connectivity index (χ0) is 20.8. The van der Waals surface area contributed by atoms with Crippen LogP contribution in [0.25, 0.3) is 0 Å². The molecule has 0 atom stereocenters. The number of nitrogens with one attached hydrogen (secondary N) is 2. The van der Waals surface area contributed by atoms with E-state index in [1.165, 1.54) is 16.4 Å². The van der Waals surface area contributed by atoms with E-state index in [1.54, 1.807) is 13.1 Å². The van der Waals surface area contributed by atoms with Crippen LogP contribution in [0, 0.1) is 5.82 Å². The predicted molar refractivity (Wildman–Crippen MR) is 125 cm³/mol. The fourth-order valence-electron chi connectivity index (χ4n) is 2.91. The predicted octanol–water partition coefficient (Wildman–Crippen LogP) is 2.20. The summed E-state index contributed by atoms with van der Waals surface area (Å²) in [6.07, 6.45) is 0. The topological polar surface area (TPSA) is 83.0 Å². The van der Waals surface area contributed by atoms with Crippen molar-refractivity contribution in [2.45, 2.75) is 19.3 Å². The van der Waals surface area contributed by atoms with Crippen LogP contribution in [0.15, 0.2) is 23.2 Å². The molecule has 2 N–H and O–H groups in total. The van der Waals surface area contributed by atoms with Gasteiger partial charge in [0.05, 0.1) is 19.0 Å². The number of ether oxygens (including phenoxy) is 1. The number of benzene rings is 1. The normalized spacial score (nSPS) is 16.2. The Labute approximate surface area is 194 Å². The van der Waals surface area contributed by atoms with Gasteiger partial charge < -0.3 is 15.4 Å². The molecule has 1 aromatic carbocycles. The number of hydrogen-bond donors (Lipinski definition) is 2. The molecule has 0 aliphatic carbocycles. The molecule has 1 fully saturated rings. The molecule has 0 radical (unpaired) electrons. The van der Waals surface area contributed by atoms with Crippen LogP contribution in [-0.4, -0.2) is 70.9 Å². The molecule has 0 amide bonds. The molecule has 0 spiro atoms. The maximum Gasteiger partial charge on any atom is 0.215 e. The number of morpholine rings is 1. The first-order chi connectivity index (χ1) is 13.2. The Morgan fingerprint density at radius 1 is 1.31 bits per heavy atom. The van der Waals surface area contributed by atoms with Gasteiger partial charge in [-0.05, 0) is 17.7 Å². The van der Waals surface area contributed by atoms with Crippen LogP contribution in [0.1, 0.15) is 19.4 Å². The van der Waals surface area contributed by atoms with Gasteiger partial charge in [-0.15, -0.1) is 24.0 Å². The second kappa shape index (κ2) is 11.6. The molecule has 1 saturated heterocycles. The second-order valence-electron chi connectivity index (χ2n) is 7.19. The Morgan fingerprint density at radius 3 is 2.55 bits per heavy atom. The Balaban J connectivity index is 0.00000420. The van der Waals surface area contributed by atoms with Gasteiger partial charge in [-0.1, -0.05) is 31.5 Å². The van der Waals surface area contributed by atoms with Crippen molar-refractivity contribution in [2.24, 2.45) is 4.99 Å². The van der Waals surface area contributed by atoms with E-state index in [0.29, 0.717) is 43.8 Å². The Morgan fingerprint density at radius 2 is 1.97 bits per heavy atom. The molecule has 11 heteroatoms. The van der Waals surface area contributed by atoms with E-state index < -0.39 is 10.0 Å². The lowest BCUT2D eigenvalue weighted by Crippen LogP contribution is -2.47. The Bertz CT molecular complexity index is 802. The fourth-order valence-corrected chi connectivity index (χ4v) is 4.66. The van der Waals surface area contributed by atoms with Gasteiger partial charge in [0.15, 0.2) is 5.96 Å². The molecule has 0 unspecified atom stereocenters. The lowest BCUT2D eigenvalue weighted by molar-refractivity contribution is 0.0730. The number of nitrogens with zero attached hydrogens (tertiary/aromatic N) is 2. The van der Waals surface area contributed by atoms with Gasteiger partial charge in [-0.2, -0.15) is 4.31 Å². The number of hydrogen-bond acceptors (Lipinski definition) is 4. The van der Waals surface area contributed by atoms with Gasteiger partial charge in [0.1, 0.15) is 5.82 Å². The molecule has 29 heavy (non-hydrogen) atoms. The van der Waals surface area contributed by atoms with Gasteiger partial charge in [-0.3, -0.25) is 4.99 Å². The van der Waals surface area contributed by atoms with Crippen molar-refractivity contribution in [3.05, 3.63) is 34.6 Å². The molecule has 0 saturated carbocycles. The van der Waals surface area contributed by atoms with Gasteiger partial charge in [0.25, 0.3) is 0 Å². The summed E-state index contributed by atoms with van der Waals surface area (Å²) in [5, 5.41) is 6.56. The number of rotatable bonds is 7. The molecule has 0 bridgehead atoms. The van der Waals surface area contributed by atoms with Gasteiger partial charge >= 0.3 is 0 Å². The van der Waals surface area contributed by atoms with Crippen molar-refractivity contribution < 1.29 is 17.5 Å². The van der Waals surface area contributed by atoms with E-state index in [0.717, 1.165) is 5.56 Å². The van der Waals surface area contributed by atoms with E-state index in [1.807, 2.05) is 13.8 Å². The minimum absolute atomic E-state index is 0. The van der Waals surface area contributed by atoms with Crippen LogP contribution in [-0.2, 0) is 20.2 Å². The van der Waals surface area contributed by atoms with Crippen LogP contribution in [0.5, 0.6) is 0 Å². The smallest absolute Gasteiger partial charge is 0.215 e. The third-order valence-electron chi connectivity index (χ3n) is 4.60. The standard InChI is InChI=1S/C18H28ClFN4O3S.HI/c1-18(2,15-5-4-14(20)12-16(15)19)13-23-17(21-3)22-6-11-28(25,26)24-7-9-27-10-8-24;/h4-5,12H,6-11,13H2,1-3H3,(H2,21,22,23);1H. The molecule has 1 aliphatic rings. The average Bonchev–Trinajstić information content (AvgIpc) is 2.65. The largest absolute Gasteiger partial charge is 0.379 e. The van der Waals surface area contributed by atoms with E-state index in [9.17, 15) is 12.8 Å². The van der Waals surface area contributed by atoms with Crippen LogP contribution in [0.2, 0.25) is 5.02 Å². The second-order valence-corrected chi connectivity index (χ2v) is 9.68. The van der Waals surface area contributed by atoms with Crippen molar-refractivity contribution in [2.75, 3.05) is 52.2 Å². The first kappa shape index (κ1) is 26.3. The summed E-state index contributed by atoms with van der Waals surface area (Å²) in [7, 11) is -1.71. The van der Waals surface area contributed by atoms with Crippen molar-refractivity contribution in [3.8, 4) is 0 Å². The van der Waals surface area contributed by atoms with Crippen LogP contribution in [0.3, 0.4) is 0 Å². The van der Waals surface area contributed by atoms with Crippen molar-refractivity contribution in [1.82, 2.24) is 14.9 Å². The third-order valence-corrected chi connectivity index (χ3v) is 6.78. The van der Waals surface area contributed by atoms with Crippen LogP contribution >= 0.6 is 35.6 Å². The van der Waals surface area contributed by atoms with Gasteiger partial charge in [0.2, 0.25) is 10.0 Å². The molecular formula is C18H29ClFIN4O3S. The summed E-state index contributed by atoms with van der Waals surface area (Å²) >= 11 is 6.18. The number of guanidine groups is 1. The SMILES string of the molecule is CN=C(NCCS(=O)(=O)N1CCOCC1)NCC(C)(C)c1ccc(F)cc1Cl.I. The first-order valence-electron chi connectivity index (χ1n) is 9.11. The summed E-state index contributed by atoms with van der Waals surface area (Å²) in [6.45, 7) is 6.31. The highest BCUT2D eigenvalue weighted by Crippen LogP contribution is 2.29. The zero-order valence-corrected chi connectivity index (χ0v) is 20.8. The lowest BCUT2D eigenvalue weighted by atomic mass is 9.84. The summed E-state index contributed by atoms with van der Waals surface area (Å²) in [5.41, 5.74) is 0.427. The molecule has 2 rings (SSSR count). The fraction of sp³-hybridized carbons (Fsp3) is 0.611. The summed E-state index contributed by atoms with van der Waals surface area (Å²) in [6, 6.07) is 4.35. The van der Waals surface area contributed by atoms with Gasteiger partial charge in [0, 0.05) is 43.7 Å². The van der Waals surface area contributed by atoms with Crippen LogP contribution in [0.4, 0.5) is 4.39 Å². The molecule has 7 nitrogen and oxygen atoms in total. The van der Waals surface area contributed by atoms with E-state index >= 15 is 0 Å².